The van der Waals surface area contributed by atoms with Gasteiger partial charge in [-0.05, 0) is 55.9 Å². The SMILES string of the molecule is Cc1cccc(C[C@H](B2O[C@@H]3C[C@@H]4C[C@@H](C4(C)C)[C@]3(C)O2)N([Si](C)(C)C)[Si](C)(C)C)c1. The van der Waals surface area contributed by atoms with Crippen LogP contribution >= 0.6 is 0 Å². The molecular formula is C25H44BNO2Si2. The summed E-state index contributed by atoms with van der Waals surface area (Å²) in [5.41, 5.74) is 2.98. The number of benzene rings is 1. The van der Waals surface area contributed by atoms with Crippen molar-refractivity contribution in [2.75, 3.05) is 0 Å². The van der Waals surface area contributed by atoms with Gasteiger partial charge in [0, 0.05) is 5.94 Å². The first-order chi connectivity index (χ1) is 14.1. The lowest BCUT2D eigenvalue weighted by molar-refractivity contribution is -0.199. The zero-order chi connectivity index (χ0) is 23.0. The first kappa shape index (κ1) is 23.7. The molecule has 6 heteroatoms. The van der Waals surface area contributed by atoms with Gasteiger partial charge >= 0.3 is 7.12 Å². The van der Waals surface area contributed by atoms with Crippen LogP contribution in [-0.4, -0.2) is 45.5 Å². The summed E-state index contributed by atoms with van der Waals surface area (Å²) in [7, 11) is -3.32. The molecule has 1 aromatic carbocycles. The van der Waals surface area contributed by atoms with Gasteiger partial charge in [0.05, 0.1) is 11.7 Å². The monoisotopic (exact) mass is 457 g/mol. The van der Waals surface area contributed by atoms with Gasteiger partial charge in [-0.2, -0.15) is 0 Å². The van der Waals surface area contributed by atoms with Crippen molar-refractivity contribution < 1.29 is 9.31 Å². The Hall–Kier alpha value is -0.401. The highest BCUT2D eigenvalue weighted by molar-refractivity contribution is 6.90. The maximum atomic E-state index is 7.06. The maximum absolute atomic E-state index is 7.06. The minimum Gasteiger partial charge on any atom is -0.404 e. The Morgan fingerprint density at radius 1 is 1.06 bits per heavy atom. The first-order valence-corrected chi connectivity index (χ1v) is 19.2. The van der Waals surface area contributed by atoms with Crippen LogP contribution in [0.15, 0.2) is 24.3 Å². The van der Waals surface area contributed by atoms with Gasteiger partial charge in [0.15, 0.2) is 0 Å². The van der Waals surface area contributed by atoms with E-state index in [-0.39, 0.29) is 24.8 Å². The third kappa shape index (κ3) is 4.05. The van der Waals surface area contributed by atoms with Crippen LogP contribution in [0.3, 0.4) is 0 Å². The van der Waals surface area contributed by atoms with Gasteiger partial charge in [-0.1, -0.05) is 83.0 Å². The summed E-state index contributed by atoms with van der Waals surface area (Å²) < 4.78 is 16.9. The molecule has 4 fully saturated rings. The standard InChI is InChI=1S/C25H44BNO2Si2/c1-18-12-11-13-19(14-18)15-23(27(30(5,6)7)31(8,9)10)26-28-22-17-20-16-21(24(20,2)3)25(22,4)29-26/h11-14,20-23H,15-17H2,1-10H3/t20-,21-,22+,23+,25-/m0/s1. The summed E-state index contributed by atoms with van der Waals surface area (Å²) in [5.74, 6) is 1.68. The molecule has 5 rings (SSSR count). The smallest absolute Gasteiger partial charge is 0.404 e. The molecule has 1 saturated heterocycles. The normalized spacial score (nSPS) is 33.3. The first-order valence-electron chi connectivity index (χ1n) is 12.3. The van der Waals surface area contributed by atoms with Gasteiger partial charge in [-0.15, -0.1) is 0 Å². The Bertz CT molecular complexity index is 820. The fraction of sp³-hybridized carbons (Fsp3) is 0.760. The van der Waals surface area contributed by atoms with Gasteiger partial charge in [-0.25, -0.2) is 0 Å². The molecule has 0 radical (unpaired) electrons. The van der Waals surface area contributed by atoms with Crippen molar-refractivity contribution in [1.29, 1.82) is 0 Å². The predicted octanol–water partition coefficient (Wildman–Crippen LogP) is 6.15. The van der Waals surface area contributed by atoms with E-state index in [1.807, 2.05) is 0 Å². The third-order valence-corrected chi connectivity index (χ3v) is 16.2. The molecule has 3 saturated carbocycles. The second-order valence-electron chi connectivity index (χ2n) is 13.3. The van der Waals surface area contributed by atoms with Gasteiger partial charge < -0.3 is 13.5 Å². The molecule has 0 unspecified atom stereocenters. The van der Waals surface area contributed by atoms with E-state index < -0.39 is 16.5 Å². The molecule has 1 aromatic rings. The average Bonchev–Trinajstić information content (AvgIpc) is 2.95. The van der Waals surface area contributed by atoms with E-state index in [2.05, 4.69) is 95.5 Å². The largest absolute Gasteiger partial charge is 0.475 e. The summed E-state index contributed by atoms with van der Waals surface area (Å²) in [4.78, 5) is 0. The van der Waals surface area contributed by atoms with Crippen LogP contribution < -0.4 is 0 Å². The molecule has 3 aliphatic carbocycles. The van der Waals surface area contributed by atoms with Crippen molar-refractivity contribution >= 4 is 23.6 Å². The Balaban J connectivity index is 1.70. The van der Waals surface area contributed by atoms with E-state index in [1.54, 1.807) is 0 Å². The lowest BCUT2D eigenvalue weighted by Crippen LogP contribution is -2.68. The van der Waals surface area contributed by atoms with Crippen molar-refractivity contribution in [3.8, 4) is 0 Å². The van der Waals surface area contributed by atoms with Gasteiger partial charge in [-0.3, -0.25) is 0 Å². The average molecular weight is 458 g/mol. The minimum absolute atomic E-state index is 0.135. The molecule has 0 amide bonds. The molecule has 4 aliphatic rings. The molecule has 1 aliphatic heterocycles. The van der Waals surface area contributed by atoms with E-state index in [4.69, 9.17) is 9.31 Å². The summed E-state index contributed by atoms with van der Waals surface area (Å²) in [5, 5.41) is 0. The molecule has 3 nitrogen and oxygen atoms in total. The van der Waals surface area contributed by atoms with Crippen molar-refractivity contribution in [2.24, 2.45) is 17.3 Å². The topological polar surface area (TPSA) is 21.7 Å². The molecule has 0 spiro atoms. The number of aryl methyl sites for hydroxylation is 1. The Labute approximate surface area is 193 Å². The summed E-state index contributed by atoms with van der Waals surface area (Å²) in [6.07, 6.45) is 3.72. The third-order valence-electron chi connectivity index (χ3n) is 8.59. The van der Waals surface area contributed by atoms with E-state index in [9.17, 15) is 0 Å². The second-order valence-corrected chi connectivity index (χ2v) is 23.4. The van der Waals surface area contributed by atoms with E-state index in [0.29, 0.717) is 11.3 Å². The Morgan fingerprint density at radius 3 is 2.26 bits per heavy atom. The highest BCUT2D eigenvalue weighted by atomic mass is 28.4. The van der Waals surface area contributed by atoms with Crippen molar-refractivity contribution in [3.05, 3.63) is 35.4 Å². The maximum Gasteiger partial charge on any atom is 0.475 e. The molecule has 1 heterocycles. The van der Waals surface area contributed by atoms with Crippen molar-refractivity contribution in [2.45, 2.75) is 104 Å². The van der Waals surface area contributed by atoms with Gasteiger partial charge in [0.2, 0.25) is 0 Å². The molecular weight excluding hydrogens is 413 g/mol. The predicted molar refractivity (Wildman–Crippen MR) is 137 cm³/mol. The Morgan fingerprint density at radius 2 is 1.71 bits per heavy atom. The van der Waals surface area contributed by atoms with Gasteiger partial charge in [0.1, 0.15) is 16.5 Å². The number of hydrogen-bond acceptors (Lipinski definition) is 3. The molecule has 0 N–H and O–H groups in total. The summed E-state index contributed by atoms with van der Waals surface area (Å²) in [6, 6.07) is 9.03. The summed E-state index contributed by atoms with van der Waals surface area (Å²) >= 11 is 0. The zero-order valence-electron chi connectivity index (χ0n) is 21.6. The summed E-state index contributed by atoms with van der Waals surface area (Å²) in [6.45, 7) is 24.4. The fourth-order valence-corrected chi connectivity index (χ4v) is 17.9. The van der Waals surface area contributed by atoms with Crippen molar-refractivity contribution in [1.82, 2.24) is 4.23 Å². The molecule has 5 atom stereocenters. The van der Waals surface area contributed by atoms with E-state index in [1.165, 1.54) is 17.5 Å². The van der Waals surface area contributed by atoms with Crippen LogP contribution in [-0.2, 0) is 15.7 Å². The quantitative estimate of drug-likeness (QED) is 0.479. The highest BCUT2D eigenvalue weighted by Gasteiger charge is 2.69. The van der Waals surface area contributed by atoms with Crippen LogP contribution in [0.4, 0.5) is 0 Å². The number of nitrogens with zero attached hydrogens (tertiary/aromatic N) is 1. The highest BCUT2D eigenvalue weighted by Crippen LogP contribution is 2.65. The van der Waals surface area contributed by atoms with E-state index >= 15 is 0 Å². The van der Waals surface area contributed by atoms with Crippen LogP contribution in [0.5, 0.6) is 0 Å². The number of rotatable bonds is 6. The molecule has 0 aromatic heterocycles. The van der Waals surface area contributed by atoms with Crippen LogP contribution in [0, 0.1) is 24.2 Å². The zero-order valence-corrected chi connectivity index (χ0v) is 23.6. The van der Waals surface area contributed by atoms with Gasteiger partial charge in [0.25, 0.3) is 0 Å². The van der Waals surface area contributed by atoms with E-state index in [0.717, 1.165) is 18.8 Å². The van der Waals surface area contributed by atoms with Crippen LogP contribution in [0.25, 0.3) is 0 Å². The lowest BCUT2D eigenvalue weighted by Gasteiger charge is -2.64. The molecule has 172 valence electrons. The van der Waals surface area contributed by atoms with Crippen molar-refractivity contribution in [3.63, 3.8) is 0 Å². The lowest BCUT2D eigenvalue weighted by atomic mass is 9.43. The Kier molecular flexibility index (Phi) is 5.79. The fourth-order valence-electron chi connectivity index (χ4n) is 7.45. The number of hydrogen-bond donors (Lipinski definition) is 0. The molecule has 31 heavy (non-hydrogen) atoms. The van der Waals surface area contributed by atoms with Crippen LogP contribution in [0.1, 0.15) is 44.7 Å². The minimum atomic E-state index is -1.59. The second kappa shape index (κ2) is 7.56. The van der Waals surface area contributed by atoms with Crippen LogP contribution in [0.2, 0.25) is 39.3 Å². The molecule has 2 bridgehead atoms.